The van der Waals surface area contributed by atoms with Crippen LogP contribution in [0.15, 0.2) is 22.9 Å². The van der Waals surface area contributed by atoms with E-state index in [1.165, 1.54) is 0 Å². The van der Waals surface area contributed by atoms with Gasteiger partial charge < -0.3 is 9.73 Å². The number of nitrogens with zero attached hydrogens (tertiary/aromatic N) is 2. The van der Waals surface area contributed by atoms with Crippen LogP contribution in [0.4, 0.5) is 0 Å². The lowest BCUT2D eigenvalue weighted by molar-refractivity contribution is 0.518. The molecular formula is C11H14ClN3O. The summed E-state index contributed by atoms with van der Waals surface area (Å²) in [7, 11) is 3.77. The smallest absolute Gasteiger partial charge is 0.105 e. The molecule has 1 N–H and O–H groups in total. The Bertz CT molecular complexity index is 470. The minimum Gasteiger partial charge on any atom is -0.469 e. The number of furan rings is 1. The highest BCUT2D eigenvalue weighted by molar-refractivity contribution is 6.31. The maximum Gasteiger partial charge on any atom is 0.105 e. The first-order chi connectivity index (χ1) is 7.65. The van der Waals surface area contributed by atoms with Crippen molar-refractivity contribution in [3.8, 4) is 0 Å². The van der Waals surface area contributed by atoms with E-state index >= 15 is 0 Å². The Morgan fingerprint density at radius 1 is 1.56 bits per heavy atom. The van der Waals surface area contributed by atoms with Crippen LogP contribution in [0.5, 0.6) is 0 Å². The largest absolute Gasteiger partial charge is 0.469 e. The fourth-order valence-corrected chi connectivity index (χ4v) is 2.15. The highest BCUT2D eigenvalue weighted by Crippen LogP contribution is 2.29. The standard InChI is InChI=1S/C11H14ClN3O/c1-7-8(4-5-16-7)10(13-2)11-9(12)6-14-15(11)3/h4-6,10,13H,1-3H3. The molecule has 0 bridgehead atoms. The Kier molecular flexibility index (Phi) is 3.03. The summed E-state index contributed by atoms with van der Waals surface area (Å²) in [6.45, 7) is 1.93. The molecule has 2 aromatic heterocycles. The van der Waals surface area contributed by atoms with E-state index in [0.717, 1.165) is 17.0 Å². The molecule has 0 amide bonds. The number of hydrogen-bond donors (Lipinski definition) is 1. The van der Waals surface area contributed by atoms with Gasteiger partial charge >= 0.3 is 0 Å². The molecule has 0 saturated heterocycles. The van der Waals surface area contributed by atoms with Crippen molar-refractivity contribution in [1.82, 2.24) is 15.1 Å². The topological polar surface area (TPSA) is 43.0 Å². The minimum absolute atomic E-state index is 0.00116. The van der Waals surface area contributed by atoms with Crippen LogP contribution < -0.4 is 5.32 Å². The summed E-state index contributed by atoms with van der Waals surface area (Å²) in [4.78, 5) is 0. The first kappa shape index (κ1) is 11.2. The van der Waals surface area contributed by atoms with Gasteiger partial charge in [-0.2, -0.15) is 5.10 Å². The second-order valence-electron chi connectivity index (χ2n) is 3.66. The van der Waals surface area contributed by atoms with Crippen molar-refractivity contribution >= 4 is 11.6 Å². The first-order valence-corrected chi connectivity index (χ1v) is 5.41. The Labute approximate surface area is 99.2 Å². The number of aryl methyl sites for hydroxylation is 2. The number of rotatable bonds is 3. The molecule has 0 aromatic carbocycles. The van der Waals surface area contributed by atoms with E-state index in [1.807, 2.05) is 27.1 Å². The summed E-state index contributed by atoms with van der Waals surface area (Å²) in [5.74, 6) is 0.886. The van der Waals surface area contributed by atoms with Crippen LogP contribution in [-0.4, -0.2) is 16.8 Å². The third kappa shape index (κ3) is 1.74. The molecule has 16 heavy (non-hydrogen) atoms. The summed E-state index contributed by atoms with van der Waals surface area (Å²) >= 11 is 6.13. The second-order valence-corrected chi connectivity index (χ2v) is 4.06. The van der Waals surface area contributed by atoms with Gasteiger partial charge in [0.2, 0.25) is 0 Å². The van der Waals surface area contributed by atoms with E-state index in [0.29, 0.717) is 5.02 Å². The molecule has 4 nitrogen and oxygen atoms in total. The van der Waals surface area contributed by atoms with E-state index < -0.39 is 0 Å². The molecule has 2 rings (SSSR count). The molecule has 0 fully saturated rings. The lowest BCUT2D eigenvalue weighted by Crippen LogP contribution is -2.21. The molecule has 1 unspecified atom stereocenters. The van der Waals surface area contributed by atoms with Gasteiger partial charge in [0.1, 0.15) is 5.76 Å². The maximum atomic E-state index is 6.13. The van der Waals surface area contributed by atoms with E-state index in [4.69, 9.17) is 16.0 Å². The Balaban J connectivity index is 2.49. The summed E-state index contributed by atoms with van der Waals surface area (Å²) < 4.78 is 7.09. The van der Waals surface area contributed by atoms with Gasteiger partial charge in [0.15, 0.2) is 0 Å². The van der Waals surface area contributed by atoms with E-state index in [-0.39, 0.29) is 6.04 Å². The van der Waals surface area contributed by atoms with E-state index in [9.17, 15) is 0 Å². The van der Waals surface area contributed by atoms with Gasteiger partial charge in [-0.1, -0.05) is 11.6 Å². The predicted octanol–water partition coefficient (Wildman–Crippen LogP) is 2.28. The molecule has 0 radical (unpaired) electrons. The number of aromatic nitrogens is 2. The van der Waals surface area contributed by atoms with Gasteiger partial charge in [0.05, 0.1) is 29.2 Å². The quantitative estimate of drug-likeness (QED) is 0.894. The van der Waals surface area contributed by atoms with E-state index in [1.54, 1.807) is 17.1 Å². The van der Waals surface area contributed by atoms with Gasteiger partial charge in [0, 0.05) is 12.6 Å². The van der Waals surface area contributed by atoms with Crippen molar-refractivity contribution in [1.29, 1.82) is 0 Å². The lowest BCUT2D eigenvalue weighted by atomic mass is 10.1. The first-order valence-electron chi connectivity index (χ1n) is 5.03. The van der Waals surface area contributed by atoms with Gasteiger partial charge in [-0.25, -0.2) is 0 Å². The van der Waals surface area contributed by atoms with Gasteiger partial charge in [0.25, 0.3) is 0 Å². The fourth-order valence-electron chi connectivity index (χ4n) is 1.88. The molecule has 0 aliphatic carbocycles. The zero-order valence-electron chi connectivity index (χ0n) is 9.49. The molecule has 0 aliphatic rings. The van der Waals surface area contributed by atoms with Crippen LogP contribution in [0.25, 0.3) is 0 Å². The number of halogens is 1. The molecule has 0 saturated carbocycles. The number of hydrogen-bond acceptors (Lipinski definition) is 3. The molecule has 2 heterocycles. The van der Waals surface area contributed by atoms with Crippen LogP contribution in [0.2, 0.25) is 5.02 Å². The molecular weight excluding hydrogens is 226 g/mol. The van der Waals surface area contributed by atoms with Crippen LogP contribution in [0.1, 0.15) is 23.1 Å². The molecule has 2 aromatic rings. The van der Waals surface area contributed by atoms with Crippen molar-refractivity contribution in [2.75, 3.05) is 7.05 Å². The zero-order valence-corrected chi connectivity index (χ0v) is 10.2. The van der Waals surface area contributed by atoms with Crippen molar-refractivity contribution in [2.45, 2.75) is 13.0 Å². The normalized spacial score (nSPS) is 13.0. The predicted molar refractivity (Wildman–Crippen MR) is 62.6 cm³/mol. The Hall–Kier alpha value is -1.26. The highest BCUT2D eigenvalue weighted by atomic mass is 35.5. The second kappa shape index (κ2) is 4.31. The van der Waals surface area contributed by atoms with Gasteiger partial charge in [-0.3, -0.25) is 4.68 Å². The Morgan fingerprint density at radius 3 is 2.75 bits per heavy atom. The minimum atomic E-state index is -0.00116. The molecule has 5 heteroatoms. The lowest BCUT2D eigenvalue weighted by Gasteiger charge is -2.16. The Morgan fingerprint density at radius 2 is 2.31 bits per heavy atom. The average molecular weight is 240 g/mol. The third-order valence-corrected chi connectivity index (χ3v) is 3.00. The molecule has 1 atom stereocenters. The summed E-state index contributed by atoms with van der Waals surface area (Å²) in [5.41, 5.74) is 2.02. The van der Waals surface area contributed by atoms with Crippen molar-refractivity contribution in [3.63, 3.8) is 0 Å². The van der Waals surface area contributed by atoms with Crippen LogP contribution in [0.3, 0.4) is 0 Å². The highest BCUT2D eigenvalue weighted by Gasteiger charge is 2.22. The molecule has 86 valence electrons. The average Bonchev–Trinajstić information content (AvgIpc) is 2.80. The van der Waals surface area contributed by atoms with Crippen LogP contribution >= 0.6 is 11.6 Å². The maximum absolute atomic E-state index is 6.13. The van der Waals surface area contributed by atoms with Crippen molar-refractivity contribution in [2.24, 2.45) is 7.05 Å². The number of nitrogens with one attached hydrogen (secondary N) is 1. The molecule has 0 aliphatic heterocycles. The third-order valence-electron chi connectivity index (χ3n) is 2.71. The monoisotopic (exact) mass is 239 g/mol. The van der Waals surface area contributed by atoms with Crippen molar-refractivity contribution in [3.05, 3.63) is 40.6 Å². The molecule has 0 spiro atoms. The SMILES string of the molecule is CNC(c1ccoc1C)c1c(Cl)cnn1C. The van der Waals surface area contributed by atoms with Gasteiger partial charge in [-0.05, 0) is 20.0 Å². The zero-order chi connectivity index (χ0) is 11.7. The summed E-state index contributed by atoms with van der Waals surface area (Å²) in [6, 6.07) is 1.94. The van der Waals surface area contributed by atoms with Crippen molar-refractivity contribution < 1.29 is 4.42 Å². The van der Waals surface area contributed by atoms with Crippen LogP contribution in [-0.2, 0) is 7.05 Å². The van der Waals surface area contributed by atoms with Gasteiger partial charge in [-0.15, -0.1) is 0 Å². The van der Waals surface area contributed by atoms with E-state index in [2.05, 4.69) is 10.4 Å². The summed E-state index contributed by atoms with van der Waals surface area (Å²) in [5, 5.41) is 8.02. The van der Waals surface area contributed by atoms with Crippen LogP contribution in [0, 0.1) is 6.92 Å². The fraction of sp³-hybridized carbons (Fsp3) is 0.364. The summed E-state index contributed by atoms with van der Waals surface area (Å²) in [6.07, 6.45) is 3.33.